The molecule has 1 aliphatic carbocycles. The summed E-state index contributed by atoms with van der Waals surface area (Å²) in [6.07, 6.45) is 10.4. The molecule has 0 bridgehead atoms. The summed E-state index contributed by atoms with van der Waals surface area (Å²) in [6.45, 7) is 3.80. The molecule has 2 rings (SSSR count). The molecular weight excluding hydrogens is 328 g/mol. The van der Waals surface area contributed by atoms with E-state index in [9.17, 15) is 0 Å². The second kappa shape index (κ2) is 6.95. The predicted molar refractivity (Wildman–Crippen MR) is 71.2 cm³/mol. The SMILES string of the molecule is CCCC[Te]/C=C\C1=CCC2(CC1)OCCO2. The van der Waals surface area contributed by atoms with Gasteiger partial charge in [-0.25, -0.2) is 0 Å². The Balaban J connectivity index is 1.74. The molecule has 0 aromatic rings. The van der Waals surface area contributed by atoms with Gasteiger partial charge in [-0.15, -0.1) is 0 Å². The zero-order valence-corrected chi connectivity index (χ0v) is 12.9. The van der Waals surface area contributed by atoms with Crippen LogP contribution in [-0.2, 0) is 9.47 Å². The van der Waals surface area contributed by atoms with Crippen LogP contribution in [0.1, 0.15) is 39.0 Å². The van der Waals surface area contributed by atoms with E-state index >= 15 is 0 Å². The number of rotatable bonds is 5. The Hall–Kier alpha value is 0.190. The van der Waals surface area contributed by atoms with Gasteiger partial charge in [0.05, 0.1) is 0 Å². The molecule has 0 N–H and O–H groups in total. The molecule has 0 atom stereocenters. The van der Waals surface area contributed by atoms with Gasteiger partial charge < -0.3 is 0 Å². The number of hydrogen-bond acceptors (Lipinski definition) is 2. The standard InChI is InChI=1S/C14H22O2Te/c1-2-3-11-17-12-6-13-4-7-14(8-5-13)15-9-10-16-14/h4,6,12H,2-3,5,7-11H2,1H3/b12-6-. The summed E-state index contributed by atoms with van der Waals surface area (Å²) in [5.41, 5.74) is 1.48. The molecule has 0 amide bonds. The van der Waals surface area contributed by atoms with Crippen molar-refractivity contribution in [2.45, 2.75) is 49.3 Å². The summed E-state index contributed by atoms with van der Waals surface area (Å²) in [7, 11) is 0. The van der Waals surface area contributed by atoms with Crippen LogP contribution >= 0.6 is 0 Å². The summed E-state index contributed by atoms with van der Waals surface area (Å²) in [5.74, 6) is -0.254. The van der Waals surface area contributed by atoms with Crippen molar-refractivity contribution >= 4 is 20.9 Å². The van der Waals surface area contributed by atoms with E-state index in [0.29, 0.717) is 0 Å². The zero-order chi connectivity index (χ0) is 12.0. The van der Waals surface area contributed by atoms with Crippen LogP contribution in [0.4, 0.5) is 0 Å². The third-order valence-electron chi connectivity index (χ3n) is 3.28. The van der Waals surface area contributed by atoms with E-state index in [2.05, 4.69) is 23.2 Å². The fourth-order valence-corrected chi connectivity index (χ4v) is 4.63. The maximum atomic E-state index is 5.70. The molecule has 0 aromatic carbocycles. The van der Waals surface area contributed by atoms with Crippen molar-refractivity contribution in [3.63, 3.8) is 0 Å². The zero-order valence-electron chi connectivity index (χ0n) is 10.6. The maximum absolute atomic E-state index is 5.70. The van der Waals surface area contributed by atoms with E-state index in [1.165, 1.54) is 22.9 Å². The third kappa shape index (κ3) is 4.10. The average molecular weight is 350 g/mol. The van der Waals surface area contributed by atoms with Crippen LogP contribution in [0.3, 0.4) is 0 Å². The van der Waals surface area contributed by atoms with Gasteiger partial charge in [0.1, 0.15) is 0 Å². The summed E-state index contributed by atoms with van der Waals surface area (Å²) < 4.78 is 15.3. The van der Waals surface area contributed by atoms with Gasteiger partial charge in [0.25, 0.3) is 0 Å². The second-order valence-electron chi connectivity index (χ2n) is 4.62. The molecule has 3 heteroatoms. The molecule has 1 spiro atoms. The minimum absolute atomic E-state index is 0.120. The Morgan fingerprint density at radius 3 is 2.88 bits per heavy atom. The quantitative estimate of drug-likeness (QED) is 0.560. The van der Waals surface area contributed by atoms with Crippen molar-refractivity contribution in [1.82, 2.24) is 0 Å². The first-order chi connectivity index (χ1) is 8.35. The first-order valence-corrected chi connectivity index (χ1v) is 9.59. The molecule has 2 nitrogen and oxygen atoms in total. The fraction of sp³-hybridized carbons (Fsp3) is 0.714. The number of ether oxygens (including phenoxy) is 2. The Kier molecular flexibility index (Phi) is 5.56. The van der Waals surface area contributed by atoms with Gasteiger partial charge in [-0.05, 0) is 0 Å². The van der Waals surface area contributed by atoms with Gasteiger partial charge in [0.15, 0.2) is 0 Å². The van der Waals surface area contributed by atoms with Crippen molar-refractivity contribution in [1.29, 1.82) is 0 Å². The Morgan fingerprint density at radius 1 is 1.41 bits per heavy atom. The van der Waals surface area contributed by atoms with Gasteiger partial charge in [0, 0.05) is 0 Å². The van der Waals surface area contributed by atoms with Crippen molar-refractivity contribution in [2.24, 2.45) is 0 Å². The number of hydrogen-bond donors (Lipinski definition) is 0. The minimum atomic E-state index is -0.254. The second-order valence-corrected chi connectivity index (χ2v) is 7.51. The van der Waals surface area contributed by atoms with E-state index in [4.69, 9.17) is 9.47 Å². The molecule has 1 aliphatic heterocycles. The van der Waals surface area contributed by atoms with E-state index in [-0.39, 0.29) is 26.7 Å². The Labute approximate surface area is 115 Å². The molecule has 1 fully saturated rings. The van der Waals surface area contributed by atoms with Gasteiger partial charge in [-0.2, -0.15) is 0 Å². The molecule has 0 aromatic heterocycles. The summed E-state index contributed by atoms with van der Waals surface area (Å²) >= 11 is 0.120. The van der Waals surface area contributed by atoms with Crippen LogP contribution in [0.2, 0.25) is 4.47 Å². The summed E-state index contributed by atoms with van der Waals surface area (Å²) in [5, 5.41) is 0. The predicted octanol–water partition coefficient (Wildman–Crippen LogP) is 3.28. The Morgan fingerprint density at radius 2 is 2.24 bits per heavy atom. The van der Waals surface area contributed by atoms with Crippen LogP contribution in [0.15, 0.2) is 21.8 Å². The van der Waals surface area contributed by atoms with Crippen LogP contribution in [-0.4, -0.2) is 39.9 Å². The fourth-order valence-electron chi connectivity index (χ4n) is 2.17. The van der Waals surface area contributed by atoms with E-state index in [1.54, 1.807) is 0 Å². The van der Waals surface area contributed by atoms with Gasteiger partial charge in [-0.3, -0.25) is 0 Å². The molecule has 1 heterocycles. The van der Waals surface area contributed by atoms with Crippen molar-refractivity contribution in [3.8, 4) is 0 Å². The van der Waals surface area contributed by atoms with Crippen LogP contribution < -0.4 is 0 Å². The molecule has 0 radical (unpaired) electrons. The molecule has 1 saturated heterocycles. The monoisotopic (exact) mass is 352 g/mol. The molecular formula is C14H22O2Te. The summed E-state index contributed by atoms with van der Waals surface area (Å²) in [6, 6.07) is 0. The molecule has 0 saturated carbocycles. The average Bonchev–Trinajstić information content (AvgIpc) is 2.80. The first kappa shape index (κ1) is 13.6. The van der Waals surface area contributed by atoms with Gasteiger partial charge in [0.2, 0.25) is 0 Å². The van der Waals surface area contributed by atoms with Crippen molar-refractivity contribution in [2.75, 3.05) is 13.2 Å². The topological polar surface area (TPSA) is 18.5 Å². The Bertz CT molecular complexity index is 291. The normalized spacial score (nSPS) is 23.5. The van der Waals surface area contributed by atoms with Gasteiger partial charge >= 0.3 is 115 Å². The van der Waals surface area contributed by atoms with E-state index < -0.39 is 0 Å². The number of unbranched alkanes of at least 4 members (excludes halogenated alkanes) is 1. The molecule has 96 valence electrons. The first-order valence-electron chi connectivity index (χ1n) is 6.60. The summed E-state index contributed by atoms with van der Waals surface area (Å²) in [4.78, 5) is 0. The molecule has 17 heavy (non-hydrogen) atoms. The third-order valence-corrected chi connectivity index (χ3v) is 5.71. The van der Waals surface area contributed by atoms with Gasteiger partial charge in [-0.1, -0.05) is 0 Å². The van der Waals surface area contributed by atoms with Crippen LogP contribution in [0.5, 0.6) is 0 Å². The van der Waals surface area contributed by atoms with Crippen LogP contribution in [0, 0.1) is 0 Å². The molecule has 0 unspecified atom stereocenters. The van der Waals surface area contributed by atoms with Crippen molar-refractivity contribution < 1.29 is 9.47 Å². The molecule has 2 aliphatic rings. The van der Waals surface area contributed by atoms with Crippen LogP contribution in [0.25, 0.3) is 0 Å². The van der Waals surface area contributed by atoms with E-state index in [1.807, 2.05) is 0 Å². The van der Waals surface area contributed by atoms with Crippen molar-refractivity contribution in [3.05, 3.63) is 21.8 Å². The van der Waals surface area contributed by atoms with E-state index in [0.717, 1.165) is 32.5 Å². The number of allylic oxidation sites excluding steroid dienone is 2.